The summed E-state index contributed by atoms with van der Waals surface area (Å²) >= 11 is 0. The van der Waals surface area contributed by atoms with Crippen LogP contribution in [0.5, 0.6) is 0 Å². The van der Waals surface area contributed by atoms with E-state index in [-0.39, 0.29) is 23.0 Å². The quantitative estimate of drug-likeness (QED) is 0.549. The average Bonchev–Trinajstić information content (AvgIpc) is 3.27. The SMILES string of the molecule is Cc1ccc(S(=O)(=O)N2Cc3ccccc3CC2C(=O)N2CCCC2)cc1[N+](=O)[O-]. The molecule has 4 rings (SSSR count). The maximum Gasteiger partial charge on any atom is 0.273 e. The van der Waals surface area contributed by atoms with Crippen molar-refractivity contribution in [3.05, 3.63) is 69.3 Å². The minimum Gasteiger partial charge on any atom is -0.341 e. The molecule has 0 saturated carbocycles. The zero-order chi connectivity index (χ0) is 21.5. The molecule has 2 heterocycles. The molecule has 158 valence electrons. The van der Waals surface area contributed by atoms with Gasteiger partial charge in [0.15, 0.2) is 0 Å². The highest BCUT2D eigenvalue weighted by molar-refractivity contribution is 7.89. The number of aryl methyl sites for hydroxylation is 1. The number of sulfonamides is 1. The van der Waals surface area contributed by atoms with Crippen molar-refractivity contribution in [3.8, 4) is 0 Å². The van der Waals surface area contributed by atoms with Crippen LogP contribution in [0.15, 0.2) is 47.4 Å². The van der Waals surface area contributed by atoms with Crippen molar-refractivity contribution in [2.24, 2.45) is 0 Å². The minimum atomic E-state index is -4.12. The van der Waals surface area contributed by atoms with Crippen molar-refractivity contribution < 1.29 is 18.1 Å². The number of amides is 1. The number of nitro groups is 1. The Hall–Kier alpha value is -2.78. The summed E-state index contributed by atoms with van der Waals surface area (Å²) in [7, 11) is -4.12. The van der Waals surface area contributed by atoms with Gasteiger partial charge in [-0.25, -0.2) is 8.42 Å². The van der Waals surface area contributed by atoms with Gasteiger partial charge >= 0.3 is 0 Å². The monoisotopic (exact) mass is 429 g/mol. The Balaban J connectivity index is 1.77. The second kappa shape index (κ2) is 7.81. The minimum absolute atomic E-state index is 0.0599. The molecule has 8 nitrogen and oxygen atoms in total. The molecule has 0 spiro atoms. The standard InChI is InChI=1S/C21H23N3O5S/c1-15-8-9-18(13-19(15)24(26)27)30(28,29)23-14-17-7-3-2-6-16(17)12-20(23)21(25)22-10-4-5-11-22/h2-3,6-9,13,20H,4-5,10-12,14H2,1H3. The zero-order valence-corrected chi connectivity index (χ0v) is 17.5. The van der Waals surface area contributed by atoms with E-state index < -0.39 is 21.0 Å². The van der Waals surface area contributed by atoms with E-state index in [1.54, 1.807) is 11.8 Å². The van der Waals surface area contributed by atoms with Crippen molar-refractivity contribution in [1.82, 2.24) is 9.21 Å². The van der Waals surface area contributed by atoms with Gasteiger partial charge in [0.2, 0.25) is 15.9 Å². The summed E-state index contributed by atoms with van der Waals surface area (Å²) in [5.74, 6) is -0.202. The van der Waals surface area contributed by atoms with Crippen LogP contribution in [0.1, 0.15) is 29.5 Å². The van der Waals surface area contributed by atoms with E-state index >= 15 is 0 Å². The van der Waals surface area contributed by atoms with Crippen LogP contribution in [-0.2, 0) is 27.8 Å². The van der Waals surface area contributed by atoms with Gasteiger partial charge in [0.25, 0.3) is 5.69 Å². The second-order valence-electron chi connectivity index (χ2n) is 7.78. The van der Waals surface area contributed by atoms with Gasteiger partial charge < -0.3 is 4.90 Å². The molecule has 2 aliphatic heterocycles. The number of carbonyl (C=O) groups excluding carboxylic acids is 1. The molecule has 1 saturated heterocycles. The lowest BCUT2D eigenvalue weighted by Crippen LogP contribution is -2.53. The molecule has 1 unspecified atom stereocenters. The summed E-state index contributed by atoms with van der Waals surface area (Å²) in [6.45, 7) is 2.87. The molecule has 1 atom stereocenters. The smallest absolute Gasteiger partial charge is 0.273 e. The number of nitro benzene ring substituents is 1. The van der Waals surface area contributed by atoms with Crippen LogP contribution < -0.4 is 0 Å². The lowest BCUT2D eigenvalue weighted by Gasteiger charge is -2.36. The van der Waals surface area contributed by atoms with Gasteiger partial charge in [-0.15, -0.1) is 0 Å². The summed E-state index contributed by atoms with van der Waals surface area (Å²) in [5.41, 5.74) is 1.92. The average molecular weight is 429 g/mol. The highest BCUT2D eigenvalue weighted by Gasteiger charge is 2.42. The summed E-state index contributed by atoms with van der Waals surface area (Å²) in [6, 6.07) is 10.5. The normalized spacial score (nSPS) is 19.5. The first-order valence-electron chi connectivity index (χ1n) is 9.91. The fourth-order valence-corrected chi connectivity index (χ4v) is 5.77. The molecule has 0 N–H and O–H groups in total. The molecule has 30 heavy (non-hydrogen) atoms. The van der Waals surface area contributed by atoms with Crippen molar-refractivity contribution in [3.63, 3.8) is 0 Å². The molecule has 2 aliphatic rings. The van der Waals surface area contributed by atoms with Crippen LogP contribution in [-0.4, -0.2) is 47.6 Å². The van der Waals surface area contributed by atoms with Crippen molar-refractivity contribution >= 4 is 21.6 Å². The third-order valence-electron chi connectivity index (χ3n) is 5.89. The second-order valence-corrected chi connectivity index (χ2v) is 9.67. The number of fused-ring (bicyclic) bond motifs is 1. The molecule has 0 radical (unpaired) electrons. The van der Waals surface area contributed by atoms with E-state index in [4.69, 9.17) is 0 Å². The van der Waals surface area contributed by atoms with Crippen LogP contribution in [0.25, 0.3) is 0 Å². The van der Waals surface area contributed by atoms with Gasteiger partial charge in [-0.2, -0.15) is 4.31 Å². The molecule has 1 amide bonds. The maximum absolute atomic E-state index is 13.5. The van der Waals surface area contributed by atoms with Gasteiger partial charge in [0.1, 0.15) is 6.04 Å². The highest BCUT2D eigenvalue weighted by Crippen LogP contribution is 2.32. The fraction of sp³-hybridized carbons (Fsp3) is 0.381. The maximum atomic E-state index is 13.5. The third kappa shape index (κ3) is 3.59. The molecule has 2 aromatic carbocycles. The summed E-state index contributed by atoms with van der Waals surface area (Å²) in [6.07, 6.45) is 2.11. The first kappa shape index (κ1) is 20.5. The van der Waals surface area contributed by atoms with Crippen molar-refractivity contribution in [2.45, 2.75) is 43.7 Å². The van der Waals surface area contributed by atoms with E-state index in [1.807, 2.05) is 24.3 Å². The number of benzene rings is 2. The van der Waals surface area contributed by atoms with Crippen LogP contribution in [0.3, 0.4) is 0 Å². The fourth-order valence-electron chi connectivity index (χ4n) is 4.19. The molecule has 0 aromatic heterocycles. The Morgan fingerprint density at radius 1 is 1.10 bits per heavy atom. The lowest BCUT2D eigenvalue weighted by atomic mass is 9.95. The Labute approximate surface area is 175 Å². The van der Waals surface area contributed by atoms with Gasteiger partial charge in [0, 0.05) is 31.3 Å². The molecule has 9 heteroatoms. The Bertz CT molecular complexity index is 1110. The van der Waals surface area contributed by atoms with E-state index in [2.05, 4.69) is 0 Å². The van der Waals surface area contributed by atoms with E-state index in [0.717, 1.165) is 30.0 Å². The summed E-state index contributed by atoms with van der Waals surface area (Å²) < 4.78 is 28.3. The number of carbonyl (C=O) groups is 1. The van der Waals surface area contributed by atoms with E-state index in [9.17, 15) is 23.3 Å². The van der Waals surface area contributed by atoms with Crippen LogP contribution >= 0.6 is 0 Å². The summed E-state index contributed by atoms with van der Waals surface area (Å²) in [4.78, 5) is 25.5. The van der Waals surface area contributed by atoms with Crippen LogP contribution in [0.4, 0.5) is 5.69 Å². The van der Waals surface area contributed by atoms with Gasteiger partial charge in [-0.1, -0.05) is 30.3 Å². The topological polar surface area (TPSA) is 101 Å². The van der Waals surface area contributed by atoms with Crippen molar-refractivity contribution in [1.29, 1.82) is 0 Å². The Morgan fingerprint density at radius 3 is 2.43 bits per heavy atom. The third-order valence-corrected chi connectivity index (χ3v) is 7.74. The number of rotatable bonds is 4. The van der Waals surface area contributed by atoms with Gasteiger partial charge in [-0.05, 0) is 43.4 Å². The molecule has 0 aliphatic carbocycles. The Kier molecular flexibility index (Phi) is 5.33. The largest absolute Gasteiger partial charge is 0.341 e. The predicted octanol–water partition coefficient (Wildman–Crippen LogP) is 2.64. The lowest BCUT2D eigenvalue weighted by molar-refractivity contribution is -0.385. The van der Waals surface area contributed by atoms with Crippen LogP contribution in [0, 0.1) is 17.0 Å². The molecule has 0 bridgehead atoms. The number of likely N-dealkylation sites (tertiary alicyclic amines) is 1. The van der Waals surface area contributed by atoms with Gasteiger partial charge in [-0.3, -0.25) is 14.9 Å². The van der Waals surface area contributed by atoms with E-state index in [0.29, 0.717) is 25.1 Å². The molecule has 2 aromatic rings. The van der Waals surface area contributed by atoms with Gasteiger partial charge in [0.05, 0.1) is 9.82 Å². The highest BCUT2D eigenvalue weighted by atomic mass is 32.2. The van der Waals surface area contributed by atoms with E-state index in [1.165, 1.54) is 16.4 Å². The summed E-state index contributed by atoms with van der Waals surface area (Å²) in [5, 5.41) is 11.3. The zero-order valence-electron chi connectivity index (χ0n) is 16.7. The van der Waals surface area contributed by atoms with Crippen LogP contribution in [0.2, 0.25) is 0 Å². The van der Waals surface area contributed by atoms with Crippen molar-refractivity contribution in [2.75, 3.05) is 13.1 Å². The number of hydrogen-bond acceptors (Lipinski definition) is 5. The molecular formula is C21H23N3O5S. The molecule has 1 fully saturated rings. The molecular weight excluding hydrogens is 406 g/mol. The first-order chi connectivity index (χ1) is 14.3. The first-order valence-corrected chi connectivity index (χ1v) is 11.4. The number of nitrogens with zero attached hydrogens (tertiary/aromatic N) is 3. The predicted molar refractivity (Wildman–Crippen MR) is 110 cm³/mol. The Morgan fingerprint density at radius 2 is 1.77 bits per heavy atom. The number of hydrogen-bond donors (Lipinski definition) is 0.